The fourth-order valence-corrected chi connectivity index (χ4v) is 12.6. The first-order valence-corrected chi connectivity index (χ1v) is 13.3. The molecule has 0 radical (unpaired) electrons. The van der Waals surface area contributed by atoms with Crippen LogP contribution in [0.5, 0.6) is 0 Å². The van der Waals surface area contributed by atoms with E-state index in [1.807, 2.05) is 0 Å². The lowest BCUT2D eigenvalue weighted by Gasteiger charge is -2.43. The van der Waals surface area contributed by atoms with Crippen molar-refractivity contribution in [3.8, 4) is 0 Å². The summed E-state index contributed by atoms with van der Waals surface area (Å²) in [5, 5.41) is 0.351. The van der Waals surface area contributed by atoms with Gasteiger partial charge in [-0.1, -0.05) is 25.0 Å². The second kappa shape index (κ2) is 7.67. The predicted octanol–water partition coefficient (Wildman–Crippen LogP) is 8.21. The first kappa shape index (κ1) is 19.7. The van der Waals surface area contributed by atoms with Crippen LogP contribution in [0.2, 0.25) is 0 Å². The van der Waals surface area contributed by atoms with Gasteiger partial charge in [-0.05, 0) is 114 Å². The topological polar surface area (TPSA) is 0 Å². The molecule has 1 atom stereocenters. The number of allylic oxidation sites excluding steroid dienone is 2. The molecular formula is C26H40P+. The highest BCUT2D eigenvalue weighted by atomic mass is 31.1. The minimum atomic E-state index is -0.512. The minimum Gasteiger partial charge on any atom is -0.0586 e. The summed E-state index contributed by atoms with van der Waals surface area (Å²) in [6.07, 6.45) is 15.0. The Bertz CT molecular complexity index is 713. The van der Waals surface area contributed by atoms with E-state index in [2.05, 4.69) is 46.8 Å². The van der Waals surface area contributed by atoms with Crippen LogP contribution in [0.4, 0.5) is 0 Å². The zero-order valence-corrected chi connectivity index (χ0v) is 19.4. The summed E-state index contributed by atoms with van der Waals surface area (Å²) < 4.78 is 0. The molecule has 0 heterocycles. The lowest BCUT2D eigenvalue weighted by atomic mass is 9.91. The molecule has 0 amide bonds. The largest absolute Gasteiger partial charge is 0.122 e. The molecule has 0 aromatic heterocycles. The molecule has 3 aliphatic carbocycles. The average molecular weight is 384 g/mol. The Kier molecular flexibility index (Phi) is 5.59. The normalized spacial score (nSPS) is 27.5. The lowest BCUT2D eigenvalue weighted by Crippen LogP contribution is -2.33. The van der Waals surface area contributed by atoms with Crippen molar-refractivity contribution in [1.82, 2.24) is 0 Å². The Labute approximate surface area is 169 Å². The number of aryl methyl sites for hydroxylation is 2. The third kappa shape index (κ3) is 3.15. The fraction of sp³-hybridized carbons (Fsp3) is 0.692. The molecule has 0 spiro atoms. The van der Waals surface area contributed by atoms with E-state index in [-0.39, 0.29) is 0 Å². The summed E-state index contributed by atoms with van der Waals surface area (Å²) >= 11 is 0. The van der Waals surface area contributed by atoms with E-state index in [0.717, 1.165) is 11.3 Å². The van der Waals surface area contributed by atoms with Gasteiger partial charge in [-0.2, -0.15) is 0 Å². The van der Waals surface area contributed by atoms with Crippen molar-refractivity contribution < 1.29 is 0 Å². The molecule has 0 nitrogen and oxygen atoms in total. The van der Waals surface area contributed by atoms with E-state index in [1.165, 1.54) is 69.8 Å². The van der Waals surface area contributed by atoms with Gasteiger partial charge in [0.15, 0.2) is 0 Å². The summed E-state index contributed by atoms with van der Waals surface area (Å²) in [5.41, 5.74) is 11.9. The number of fused-ring (bicyclic) bond motifs is 1. The van der Waals surface area contributed by atoms with Crippen LogP contribution in [0.25, 0.3) is 5.57 Å². The predicted molar refractivity (Wildman–Crippen MR) is 124 cm³/mol. The van der Waals surface area contributed by atoms with Crippen molar-refractivity contribution >= 4 is 13.5 Å². The average Bonchev–Trinajstić information content (AvgIpc) is 2.89. The molecule has 27 heavy (non-hydrogen) atoms. The zero-order chi connectivity index (χ0) is 19.2. The smallest absolute Gasteiger partial charge is 0.0586 e. The van der Waals surface area contributed by atoms with Gasteiger partial charge < -0.3 is 0 Å². The maximum atomic E-state index is 2.70. The van der Waals surface area contributed by atoms with Crippen molar-refractivity contribution in [1.29, 1.82) is 0 Å². The van der Waals surface area contributed by atoms with E-state index >= 15 is 0 Å². The Balaban J connectivity index is 1.87. The first-order valence-electron chi connectivity index (χ1n) is 11.6. The van der Waals surface area contributed by atoms with Gasteiger partial charge in [0.05, 0.1) is 11.3 Å². The number of benzene rings is 1. The van der Waals surface area contributed by atoms with Crippen molar-refractivity contribution in [2.24, 2.45) is 0 Å². The van der Waals surface area contributed by atoms with Crippen LogP contribution in [0.3, 0.4) is 0 Å². The highest BCUT2D eigenvalue weighted by Gasteiger charge is 2.56. The Hall–Kier alpha value is -0.610. The molecule has 4 rings (SSSR count). The van der Waals surface area contributed by atoms with Crippen molar-refractivity contribution in [2.75, 3.05) is 0 Å². The molecule has 0 N–H and O–H groups in total. The van der Waals surface area contributed by atoms with Gasteiger partial charge >= 0.3 is 0 Å². The van der Waals surface area contributed by atoms with Crippen LogP contribution in [0, 0.1) is 13.8 Å². The standard InChI is InChI=1S/C26H39P/c1-18-16-17-19(2)25-24(18)20(3)21(4)26(25,5)27(22-12-8-6-9-13-22)23-14-10-7-11-15-23/h16-17,22-23H,6-15H2,1-5H3/p+1/t26-/m1/s1. The summed E-state index contributed by atoms with van der Waals surface area (Å²) in [6.45, 7) is 12.4. The lowest BCUT2D eigenvalue weighted by molar-refractivity contribution is 0.476. The Morgan fingerprint density at radius 3 is 1.74 bits per heavy atom. The third-order valence-electron chi connectivity index (χ3n) is 8.48. The summed E-state index contributed by atoms with van der Waals surface area (Å²) in [5.74, 6) is 0. The first-order chi connectivity index (χ1) is 13.0. The third-order valence-corrected chi connectivity index (χ3v) is 13.2. The summed E-state index contributed by atoms with van der Waals surface area (Å²) in [6, 6.07) is 4.78. The molecular weight excluding hydrogens is 343 g/mol. The quantitative estimate of drug-likeness (QED) is 0.461. The van der Waals surface area contributed by atoms with Crippen LogP contribution < -0.4 is 0 Å². The van der Waals surface area contributed by atoms with E-state index in [1.54, 1.807) is 27.8 Å². The van der Waals surface area contributed by atoms with E-state index in [4.69, 9.17) is 0 Å². The molecule has 1 heteroatoms. The van der Waals surface area contributed by atoms with Crippen LogP contribution in [0.15, 0.2) is 17.7 Å². The van der Waals surface area contributed by atoms with E-state index in [0.29, 0.717) is 5.16 Å². The molecule has 1 aromatic rings. The van der Waals surface area contributed by atoms with Gasteiger partial charge in [-0.3, -0.25) is 0 Å². The fourth-order valence-electron chi connectivity index (χ4n) is 7.03. The monoisotopic (exact) mass is 383 g/mol. The molecule has 0 unspecified atom stereocenters. The summed E-state index contributed by atoms with van der Waals surface area (Å²) in [4.78, 5) is 0. The molecule has 148 valence electrons. The van der Waals surface area contributed by atoms with Gasteiger partial charge in [0.1, 0.15) is 5.16 Å². The van der Waals surface area contributed by atoms with E-state index < -0.39 is 7.92 Å². The van der Waals surface area contributed by atoms with Crippen LogP contribution >= 0.6 is 7.92 Å². The van der Waals surface area contributed by atoms with Crippen LogP contribution in [0.1, 0.15) is 107 Å². The molecule has 0 saturated heterocycles. The summed E-state index contributed by atoms with van der Waals surface area (Å²) in [7, 11) is -0.512. The van der Waals surface area contributed by atoms with Gasteiger partial charge in [-0.25, -0.2) is 0 Å². The Morgan fingerprint density at radius 1 is 0.741 bits per heavy atom. The molecule has 3 aliphatic rings. The van der Waals surface area contributed by atoms with Gasteiger partial charge in [0, 0.05) is 13.5 Å². The molecule has 2 fully saturated rings. The van der Waals surface area contributed by atoms with Crippen molar-refractivity contribution in [3.63, 3.8) is 0 Å². The second-order valence-corrected chi connectivity index (χ2v) is 13.5. The van der Waals surface area contributed by atoms with Crippen molar-refractivity contribution in [2.45, 2.75) is 115 Å². The van der Waals surface area contributed by atoms with Gasteiger partial charge in [0.25, 0.3) is 0 Å². The number of hydrogen-bond acceptors (Lipinski definition) is 0. The molecule has 2 saturated carbocycles. The SMILES string of the molecule is CC1=C(C)[C@@](C)([PH+](C2CCCCC2)C2CCCCC2)c2c(C)ccc(C)c21. The highest BCUT2D eigenvalue weighted by molar-refractivity contribution is 7.60. The van der Waals surface area contributed by atoms with Gasteiger partial charge in [0.2, 0.25) is 0 Å². The maximum absolute atomic E-state index is 2.70. The second-order valence-electron chi connectivity index (χ2n) is 9.95. The highest BCUT2D eigenvalue weighted by Crippen LogP contribution is 2.73. The van der Waals surface area contributed by atoms with Crippen LogP contribution in [-0.4, -0.2) is 11.3 Å². The maximum Gasteiger partial charge on any atom is 0.122 e. The molecule has 0 aliphatic heterocycles. The van der Waals surface area contributed by atoms with Crippen LogP contribution in [-0.2, 0) is 5.16 Å². The zero-order valence-electron chi connectivity index (χ0n) is 18.4. The minimum absolute atomic E-state index is 0.351. The number of rotatable bonds is 3. The Morgan fingerprint density at radius 2 is 1.22 bits per heavy atom. The van der Waals surface area contributed by atoms with E-state index in [9.17, 15) is 0 Å². The number of hydrogen-bond donors (Lipinski definition) is 0. The van der Waals surface area contributed by atoms with Gasteiger partial charge in [-0.15, -0.1) is 0 Å². The molecule has 0 bridgehead atoms. The van der Waals surface area contributed by atoms with Crippen molar-refractivity contribution in [3.05, 3.63) is 40.0 Å². The molecule has 1 aromatic carbocycles.